The average Bonchev–Trinajstić information content (AvgIpc) is 2.92. The number of rotatable bonds is 7. The van der Waals surface area contributed by atoms with Crippen LogP contribution in [0, 0.1) is 5.82 Å². The van der Waals surface area contributed by atoms with Crippen LogP contribution in [-0.2, 0) is 4.74 Å². The van der Waals surface area contributed by atoms with Crippen molar-refractivity contribution in [2.45, 2.75) is 0 Å². The number of ether oxygens (including phenoxy) is 1. The maximum absolute atomic E-state index is 14.2. The molecule has 0 amide bonds. The summed E-state index contributed by atoms with van der Waals surface area (Å²) in [5.74, 6) is 0.181. The Morgan fingerprint density at radius 1 is 0.944 bits per heavy atom. The molecule has 1 aliphatic heterocycles. The van der Waals surface area contributed by atoms with E-state index in [1.54, 1.807) is 18.3 Å². The number of morpholine rings is 1. The van der Waals surface area contributed by atoms with Gasteiger partial charge in [0.25, 0.3) is 0 Å². The molecule has 4 aromatic rings. The molecule has 36 heavy (non-hydrogen) atoms. The smallest absolute Gasteiger partial charge is 0.245 e. The Morgan fingerprint density at radius 3 is 2.56 bits per heavy atom. The van der Waals surface area contributed by atoms with Crippen LogP contribution in [0.25, 0.3) is 11.1 Å². The first-order valence-electron chi connectivity index (χ1n) is 11.4. The topological polar surface area (TPSA) is 108 Å². The highest BCUT2D eigenvalue weighted by Gasteiger charge is 2.17. The molecule has 2 aromatic heterocycles. The molecule has 182 valence electrons. The lowest BCUT2D eigenvalue weighted by Gasteiger charge is -2.27. The molecule has 0 atom stereocenters. The molecular weight excluding hydrogens is 461 g/mol. The Bertz CT molecular complexity index is 1340. The van der Waals surface area contributed by atoms with Gasteiger partial charge in [-0.3, -0.25) is 4.98 Å². The Hall–Kier alpha value is -4.57. The van der Waals surface area contributed by atoms with Gasteiger partial charge in [-0.1, -0.05) is 24.3 Å². The van der Waals surface area contributed by atoms with E-state index in [4.69, 9.17) is 4.74 Å². The predicted octanol–water partition coefficient (Wildman–Crippen LogP) is 4.41. The number of phenols is 1. The lowest BCUT2D eigenvalue weighted by molar-refractivity contribution is 0.122. The van der Waals surface area contributed by atoms with Gasteiger partial charge in [-0.05, 0) is 47.5 Å². The van der Waals surface area contributed by atoms with Crippen LogP contribution in [0.15, 0.2) is 78.2 Å². The molecule has 9 nitrogen and oxygen atoms in total. The molecule has 1 saturated heterocycles. The zero-order chi connectivity index (χ0) is 24.7. The highest BCUT2D eigenvalue weighted by Crippen LogP contribution is 2.26. The Labute approximate surface area is 207 Å². The Balaban J connectivity index is 1.20. The van der Waals surface area contributed by atoms with Crippen LogP contribution < -0.4 is 15.6 Å². The first-order chi connectivity index (χ1) is 17.6. The standard InChI is InChI=1S/C26H24FN7O2/c27-24-17-29-26(32-25(24)34-10-12-36-13-11-34)33-30-16-21-6-7-22(15-28-21)31-20-3-1-2-19(14-20)18-4-8-23(35)9-5-18/h1-9,14-17,31,35H,10-13H2,(H,29,32,33)/b30-16+. The number of anilines is 4. The van der Waals surface area contributed by atoms with E-state index in [0.29, 0.717) is 32.0 Å². The summed E-state index contributed by atoms with van der Waals surface area (Å²) in [4.78, 5) is 14.4. The van der Waals surface area contributed by atoms with Gasteiger partial charge in [-0.15, -0.1) is 0 Å². The van der Waals surface area contributed by atoms with Gasteiger partial charge in [-0.2, -0.15) is 10.1 Å². The van der Waals surface area contributed by atoms with Crippen LogP contribution in [0.3, 0.4) is 0 Å². The summed E-state index contributed by atoms with van der Waals surface area (Å²) < 4.78 is 19.5. The molecule has 0 spiro atoms. The molecule has 0 radical (unpaired) electrons. The minimum absolute atomic E-state index is 0.195. The van der Waals surface area contributed by atoms with Gasteiger partial charge in [-0.25, -0.2) is 14.8 Å². The van der Waals surface area contributed by atoms with Crippen molar-refractivity contribution in [3.63, 3.8) is 0 Å². The number of nitrogens with one attached hydrogen (secondary N) is 2. The molecule has 3 N–H and O–H groups in total. The van der Waals surface area contributed by atoms with E-state index < -0.39 is 5.82 Å². The summed E-state index contributed by atoms with van der Waals surface area (Å²) in [7, 11) is 0. The van der Waals surface area contributed by atoms with Gasteiger partial charge < -0.3 is 20.1 Å². The molecule has 0 saturated carbocycles. The number of nitrogens with zero attached hydrogens (tertiary/aromatic N) is 5. The molecule has 0 bridgehead atoms. The number of hydrazone groups is 1. The second kappa shape index (κ2) is 10.8. The normalized spacial score (nSPS) is 13.6. The van der Waals surface area contributed by atoms with E-state index in [0.717, 1.165) is 28.7 Å². The highest BCUT2D eigenvalue weighted by atomic mass is 19.1. The summed E-state index contributed by atoms with van der Waals surface area (Å²) in [5.41, 5.74) is 7.13. The molecular formula is C26H24FN7O2. The fourth-order valence-corrected chi connectivity index (χ4v) is 3.72. The maximum Gasteiger partial charge on any atom is 0.245 e. The summed E-state index contributed by atoms with van der Waals surface area (Å²) >= 11 is 0. The number of aromatic nitrogens is 3. The average molecular weight is 486 g/mol. The van der Waals surface area contributed by atoms with Crippen LogP contribution in [0.2, 0.25) is 0 Å². The van der Waals surface area contributed by atoms with E-state index in [2.05, 4.69) is 30.8 Å². The second-order valence-corrected chi connectivity index (χ2v) is 8.06. The molecule has 1 aliphatic rings. The van der Waals surface area contributed by atoms with Crippen molar-refractivity contribution < 1.29 is 14.2 Å². The van der Waals surface area contributed by atoms with E-state index in [9.17, 15) is 9.50 Å². The van der Waals surface area contributed by atoms with E-state index in [1.165, 1.54) is 6.21 Å². The largest absolute Gasteiger partial charge is 0.508 e. The third-order valence-corrected chi connectivity index (χ3v) is 5.54. The molecule has 3 heterocycles. The Morgan fingerprint density at radius 2 is 1.78 bits per heavy atom. The van der Waals surface area contributed by atoms with Gasteiger partial charge in [0, 0.05) is 18.8 Å². The molecule has 10 heteroatoms. The van der Waals surface area contributed by atoms with Gasteiger partial charge in [0.1, 0.15) is 5.75 Å². The Kier molecular flexibility index (Phi) is 6.95. The SMILES string of the molecule is Oc1ccc(-c2cccc(Nc3ccc(/C=N/Nc4ncc(F)c(N5CCOCC5)n4)nc3)c2)cc1. The first-order valence-corrected chi connectivity index (χ1v) is 11.4. The van der Waals surface area contributed by atoms with Gasteiger partial charge in [0.05, 0.1) is 43.2 Å². The minimum atomic E-state index is -0.482. The zero-order valence-corrected chi connectivity index (χ0v) is 19.3. The van der Waals surface area contributed by atoms with Crippen molar-refractivity contribution in [3.05, 3.63) is 84.6 Å². The van der Waals surface area contributed by atoms with Gasteiger partial charge >= 0.3 is 0 Å². The predicted molar refractivity (Wildman–Crippen MR) is 137 cm³/mol. The molecule has 2 aromatic carbocycles. The number of hydrogen-bond donors (Lipinski definition) is 3. The molecule has 0 aliphatic carbocycles. The third-order valence-electron chi connectivity index (χ3n) is 5.54. The summed E-state index contributed by atoms with van der Waals surface area (Å²) in [5, 5.41) is 17.0. The summed E-state index contributed by atoms with van der Waals surface area (Å²) in [6, 6.07) is 18.8. The van der Waals surface area contributed by atoms with Crippen LogP contribution in [-0.4, -0.2) is 52.6 Å². The molecule has 5 rings (SSSR count). The second-order valence-electron chi connectivity index (χ2n) is 8.06. The van der Waals surface area contributed by atoms with Gasteiger partial charge in [0.2, 0.25) is 5.95 Å². The van der Waals surface area contributed by atoms with Crippen LogP contribution in [0.4, 0.5) is 27.5 Å². The highest BCUT2D eigenvalue weighted by molar-refractivity contribution is 5.78. The van der Waals surface area contributed by atoms with E-state index in [1.807, 2.05) is 53.4 Å². The van der Waals surface area contributed by atoms with Crippen LogP contribution >= 0.6 is 0 Å². The van der Waals surface area contributed by atoms with Crippen molar-refractivity contribution in [1.29, 1.82) is 0 Å². The number of pyridine rings is 1. The van der Waals surface area contributed by atoms with Crippen molar-refractivity contribution in [3.8, 4) is 16.9 Å². The number of halogens is 1. The third kappa shape index (κ3) is 5.73. The van der Waals surface area contributed by atoms with Crippen molar-refractivity contribution in [2.24, 2.45) is 5.10 Å². The van der Waals surface area contributed by atoms with Crippen molar-refractivity contribution in [1.82, 2.24) is 15.0 Å². The quantitative estimate of drug-likeness (QED) is 0.261. The van der Waals surface area contributed by atoms with Crippen molar-refractivity contribution in [2.75, 3.05) is 41.9 Å². The van der Waals surface area contributed by atoms with E-state index >= 15 is 0 Å². The van der Waals surface area contributed by atoms with Crippen molar-refractivity contribution >= 4 is 29.4 Å². The van der Waals surface area contributed by atoms with Crippen LogP contribution in [0.5, 0.6) is 5.75 Å². The molecule has 1 fully saturated rings. The van der Waals surface area contributed by atoms with E-state index in [-0.39, 0.29) is 17.5 Å². The number of phenolic OH excluding ortho intramolecular Hbond substituents is 1. The lowest BCUT2D eigenvalue weighted by Crippen LogP contribution is -2.37. The number of aromatic hydroxyl groups is 1. The lowest BCUT2D eigenvalue weighted by atomic mass is 10.0. The fourth-order valence-electron chi connectivity index (χ4n) is 3.72. The van der Waals surface area contributed by atoms with Crippen LogP contribution in [0.1, 0.15) is 5.69 Å². The summed E-state index contributed by atoms with van der Waals surface area (Å²) in [6.45, 7) is 2.21. The monoisotopic (exact) mass is 485 g/mol. The number of benzene rings is 2. The first kappa shape index (κ1) is 23.2. The number of hydrogen-bond acceptors (Lipinski definition) is 9. The fraction of sp³-hybridized carbons (Fsp3) is 0.154. The maximum atomic E-state index is 14.2. The van der Waals surface area contributed by atoms with Gasteiger partial charge in [0.15, 0.2) is 11.6 Å². The minimum Gasteiger partial charge on any atom is -0.508 e. The zero-order valence-electron chi connectivity index (χ0n) is 19.3. The molecule has 0 unspecified atom stereocenters. The summed E-state index contributed by atoms with van der Waals surface area (Å²) in [6.07, 6.45) is 4.38.